The van der Waals surface area contributed by atoms with Crippen molar-refractivity contribution in [1.82, 2.24) is 10.4 Å². The highest BCUT2D eigenvalue weighted by Crippen LogP contribution is 2.52. The van der Waals surface area contributed by atoms with E-state index in [1.54, 1.807) is 0 Å². The number of rotatable bonds is 9. The van der Waals surface area contributed by atoms with E-state index >= 15 is 0 Å². The van der Waals surface area contributed by atoms with Gasteiger partial charge in [0.25, 0.3) is 0 Å². The second kappa shape index (κ2) is 10.6. The molecule has 2 aromatic rings. The number of hydrogen-bond acceptors (Lipinski definition) is 7. The van der Waals surface area contributed by atoms with E-state index in [9.17, 15) is 13.6 Å². The quantitative estimate of drug-likeness (QED) is 0.189. The maximum atomic E-state index is 13.7. The molecule has 1 amide bonds. The second-order valence-corrected chi connectivity index (χ2v) is 8.56. The zero-order valence-electron chi connectivity index (χ0n) is 19.3. The summed E-state index contributed by atoms with van der Waals surface area (Å²) < 4.78 is 35.5. The molecule has 3 rings (SSSR count). The number of hydrazone groups is 1. The first kappa shape index (κ1) is 25.2. The number of carbonyl (C=O) groups is 1. The molecule has 1 aliphatic carbocycles. The number of pyridine rings is 1. The largest absolute Gasteiger partial charge is 0.481 e. The molecule has 0 atom stereocenters. The van der Waals surface area contributed by atoms with Crippen LogP contribution in [0.5, 0.6) is 11.8 Å². The molecule has 1 aromatic heterocycles. The van der Waals surface area contributed by atoms with Gasteiger partial charge in [-0.25, -0.2) is 5.84 Å². The molecule has 0 unspecified atom stereocenters. The fraction of sp³-hybridized carbons (Fsp3) is 0.435. The zero-order valence-corrected chi connectivity index (χ0v) is 19.3. The summed E-state index contributed by atoms with van der Waals surface area (Å²) in [6, 6.07) is 10.6. The molecule has 1 heterocycles. The number of nitrogens with zero attached hydrogens (tertiary/aromatic N) is 2. The van der Waals surface area contributed by atoms with Crippen LogP contribution in [-0.2, 0) is 10.2 Å². The predicted molar refractivity (Wildman–Crippen MR) is 125 cm³/mol. The molecule has 0 bridgehead atoms. The highest BCUT2D eigenvalue weighted by Gasteiger charge is 2.52. The molecule has 184 valence electrons. The summed E-state index contributed by atoms with van der Waals surface area (Å²) in [5.74, 6) is 10.9. The molecular formula is C23H30F2N6O3. The summed E-state index contributed by atoms with van der Waals surface area (Å²) in [5.41, 5.74) is 3.55. The summed E-state index contributed by atoms with van der Waals surface area (Å²) in [4.78, 5) is 17.7. The summed E-state index contributed by atoms with van der Waals surface area (Å²) in [6.45, 7) is 0.997. The SMILES string of the molecule is COc1ccc(NC(=O)C2(c3ccccc3C(C)C)CC(CC(=NN)NN)C2)c(OC(F)F)n1. The van der Waals surface area contributed by atoms with Crippen molar-refractivity contribution in [3.63, 3.8) is 0 Å². The van der Waals surface area contributed by atoms with Crippen molar-refractivity contribution >= 4 is 17.4 Å². The van der Waals surface area contributed by atoms with Gasteiger partial charge in [0.1, 0.15) is 11.5 Å². The number of aromatic nitrogens is 1. The topological polar surface area (TPSA) is 137 Å². The Balaban J connectivity index is 1.97. The summed E-state index contributed by atoms with van der Waals surface area (Å²) in [5, 5.41) is 6.40. The van der Waals surface area contributed by atoms with Gasteiger partial charge in [-0.1, -0.05) is 38.1 Å². The highest BCUT2D eigenvalue weighted by atomic mass is 19.3. The molecule has 6 N–H and O–H groups in total. The number of hydrazine groups is 1. The van der Waals surface area contributed by atoms with Gasteiger partial charge in [-0.3, -0.25) is 4.79 Å². The molecular weight excluding hydrogens is 446 g/mol. The third kappa shape index (κ3) is 5.19. The Kier molecular flexibility index (Phi) is 7.87. The first-order chi connectivity index (χ1) is 16.2. The van der Waals surface area contributed by atoms with Gasteiger partial charge < -0.3 is 26.1 Å². The Bertz CT molecular complexity index is 1040. The molecule has 1 fully saturated rings. The van der Waals surface area contributed by atoms with Gasteiger partial charge in [-0.2, -0.15) is 18.9 Å². The van der Waals surface area contributed by atoms with Crippen LogP contribution >= 0.6 is 0 Å². The van der Waals surface area contributed by atoms with Gasteiger partial charge in [-0.05, 0) is 41.9 Å². The van der Waals surface area contributed by atoms with E-state index in [0.29, 0.717) is 25.1 Å². The zero-order chi connectivity index (χ0) is 24.9. The molecule has 0 aliphatic heterocycles. The number of halogens is 2. The maximum Gasteiger partial charge on any atom is 0.388 e. The van der Waals surface area contributed by atoms with Crippen LogP contribution in [0.2, 0.25) is 0 Å². The third-order valence-electron chi connectivity index (χ3n) is 6.10. The Labute approximate surface area is 196 Å². The fourth-order valence-corrected chi connectivity index (χ4v) is 4.50. The number of alkyl halides is 2. The standard InChI is InChI=1S/C23H30F2N6O3/c1-13(2)15-6-4-5-7-16(15)23(11-14(12-23)10-18(30-26)31-27)21(32)28-17-8-9-19(33-3)29-20(17)34-22(24)25/h4-9,13-14,22H,10-12,26-27H2,1-3H3,(H,28,32)(H,30,31). The predicted octanol–water partition coefficient (Wildman–Crippen LogP) is 3.23. The number of nitrogens with two attached hydrogens (primary N) is 2. The number of hydrogen-bond donors (Lipinski definition) is 4. The molecule has 1 aromatic carbocycles. The van der Waals surface area contributed by atoms with E-state index in [4.69, 9.17) is 16.4 Å². The number of methoxy groups -OCH3 is 1. The van der Waals surface area contributed by atoms with Gasteiger partial charge in [0.2, 0.25) is 17.7 Å². The summed E-state index contributed by atoms with van der Waals surface area (Å²) in [6.07, 6.45) is 1.48. The van der Waals surface area contributed by atoms with E-state index in [1.165, 1.54) is 19.2 Å². The Morgan fingerprint density at radius 2 is 1.97 bits per heavy atom. The minimum atomic E-state index is -3.11. The lowest BCUT2D eigenvalue weighted by Crippen LogP contribution is -2.52. The third-order valence-corrected chi connectivity index (χ3v) is 6.10. The molecule has 0 radical (unpaired) electrons. The molecule has 34 heavy (non-hydrogen) atoms. The molecule has 11 heteroatoms. The van der Waals surface area contributed by atoms with Crippen molar-refractivity contribution in [3.05, 3.63) is 47.5 Å². The van der Waals surface area contributed by atoms with Crippen LogP contribution in [0.3, 0.4) is 0 Å². The van der Waals surface area contributed by atoms with Gasteiger partial charge in [0.15, 0.2) is 0 Å². The van der Waals surface area contributed by atoms with Gasteiger partial charge in [-0.15, -0.1) is 0 Å². The first-order valence-corrected chi connectivity index (χ1v) is 10.9. The summed E-state index contributed by atoms with van der Waals surface area (Å²) >= 11 is 0. The van der Waals surface area contributed by atoms with Gasteiger partial charge in [0.05, 0.1) is 12.5 Å². The number of benzene rings is 1. The monoisotopic (exact) mass is 476 g/mol. The van der Waals surface area contributed by atoms with Gasteiger partial charge >= 0.3 is 6.61 Å². The lowest BCUT2D eigenvalue weighted by molar-refractivity contribution is -0.126. The van der Waals surface area contributed by atoms with Crippen LogP contribution in [0.4, 0.5) is 14.5 Å². The van der Waals surface area contributed by atoms with Gasteiger partial charge in [0, 0.05) is 12.5 Å². The Morgan fingerprint density at radius 3 is 2.56 bits per heavy atom. The van der Waals surface area contributed by atoms with Crippen molar-refractivity contribution in [2.24, 2.45) is 22.7 Å². The van der Waals surface area contributed by atoms with Crippen molar-refractivity contribution < 1.29 is 23.0 Å². The van der Waals surface area contributed by atoms with E-state index < -0.39 is 17.9 Å². The number of ether oxygens (including phenoxy) is 2. The minimum Gasteiger partial charge on any atom is -0.481 e. The van der Waals surface area contributed by atoms with E-state index in [-0.39, 0.29) is 29.3 Å². The lowest BCUT2D eigenvalue weighted by atomic mass is 9.56. The molecule has 0 spiro atoms. The smallest absolute Gasteiger partial charge is 0.388 e. The van der Waals surface area contributed by atoms with Crippen LogP contribution in [0.25, 0.3) is 0 Å². The number of anilines is 1. The number of amidine groups is 1. The fourth-order valence-electron chi connectivity index (χ4n) is 4.50. The minimum absolute atomic E-state index is 0.0313. The molecule has 0 saturated heterocycles. The van der Waals surface area contributed by atoms with Crippen molar-refractivity contribution in [2.75, 3.05) is 12.4 Å². The van der Waals surface area contributed by atoms with Crippen molar-refractivity contribution in [2.45, 2.75) is 51.1 Å². The van der Waals surface area contributed by atoms with Crippen LogP contribution in [0, 0.1) is 5.92 Å². The average molecular weight is 477 g/mol. The van der Waals surface area contributed by atoms with Crippen LogP contribution < -0.4 is 31.9 Å². The molecule has 9 nitrogen and oxygen atoms in total. The van der Waals surface area contributed by atoms with E-state index in [2.05, 4.69) is 39.4 Å². The van der Waals surface area contributed by atoms with Crippen LogP contribution in [0.1, 0.15) is 50.2 Å². The first-order valence-electron chi connectivity index (χ1n) is 10.9. The number of nitrogens with one attached hydrogen (secondary N) is 2. The van der Waals surface area contributed by atoms with E-state index in [0.717, 1.165) is 11.1 Å². The molecule has 1 saturated carbocycles. The molecule has 1 aliphatic rings. The highest BCUT2D eigenvalue weighted by molar-refractivity contribution is 6.01. The van der Waals surface area contributed by atoms with Crippen molar-refractivity contribution in [3.8, 4) is 11.8 Å². The second-order valence-electron chi connectivity index (χ2n) is 8.56. The summed E-state index contributed by atoms with van der Waals surface area (Å²) in [7, 11) is 1.36. The Hall–Kier alpha value is -3.47. The number of carbonyl (C=O) groups excluding carboxylic acids is 1. The average Bonchev–Trinajstić information content (AvgIpc) is 2.79. The maximum absolute atomic E-state index is 13.7. The normalized spacial score (nSPS) is 20.1. The van der Waals surface area contributed by atoms with Crippen LogP contribution in [-0.4, -0.2) is 30.4 Å². The Morgan fingerprint density at radius 1 is 1.26 bits per heavy atom. The van der Waals surface area contributed by atoms with E-state index in [1.807, 2.05) is 24.3 Å². The van der Waals surface area contributed by atoms with Crippen LogP contribution in [0.15, 0.2) is 41.5 Å². The lowest BCUT2D eigenvalue weighted by Gasteiger charge is -2.48. The van der Waals surface area contributed by atoms with Crippen molar-refractivity contribution in [1.29, 1.82) is 0 Å². The number of amides is 1.